The van der Waals surface area contributed by atoms with Crippen LogP contribution in [0.25, 0.3) is 32.6 Å². The van der Waals surface area contributed by atoms with Crippen LogP contribution in [-0.4, -0.2) is 8.07 Å². The third-order valence-corrected chi connectivity index (χ3v) is 19.0. The summed E-state index contributed by atoms with van der Waals surface area (Å²) in [4.78, 5) is 0. The molecule has 1 heterocycles. The van der Waals surface area contributed by atoms with Crippen molar-refractivity contribution in [1.82, 2.24) is 0 Å². The Morgan fingerprint density at radius 1 is 0.575 bits per heavy atom. The number of hydrogen-bond donors (Lipinski definition) is 0. The third-order valence-electron chi connectivity index (χ3n) is 9.90. The third kappa shape index (κ3) is 3.79. The van der Waals surface area contributed by atoms with Crippen LogP contribution in [0.3, 0.4) is 0 Å². The van der Waals surface area contributed by atoms with Crippen molar-refractivity contribution in [3.05, 3.63) is 129 Å². The predicted molar refractivity (Wildman–Crippen MR) is 171 cm³/mol. The summed E-state index contributed by atoms with van der Waals surface area (Å²) in [6.07, 6.45) is 2.17. The van der Waals surface area contributed by atoms with Crippen molar-refractivity contribution in [1.29, 1.82) is 0 Å². The number of benzene rings is 4. The topological polar surface area (TPSA) is 0 Å². The predicted octanol–water partition coefficient (Wildman–Crippen LogP) is 10.4. The summed E-state index contributed by atoms with van der Waals surface area (Å²) < 4.78 is 1.32. The van der Waals surface area contributed by atoms with E-state index in [0.29, 0.717) is 7.25 Å². The summed E-state index contributed by atoms with van der Waals surface area (Å²) in [5.41, 5.74) is 18.4. The van der Waals surface area contributed by atoms with Crippen LogP contribution in [0.15, 0.2) is 96.1 Å². The van der Waals surface area contributed by atoms with E-state index in [1.165, 1.54) is 33.4 Å². The van der Waals surface area contributed by atoms with Crippen LogP contribution in [0.5, 0.6) is 0 Å². The van der Waals surface area contributed by atoms with Crippen molar-refractivity contribution in [3.8, 4) is 22.3 Å². The summed E-state index contributed by atoms with van der Waals surface area (Å²) >= 11 is -0.879. The van der Waals surface area contributed by atoms with E-state index in [0.717, 1.165) is 12.8 Å². The van der Waals surface area contributed by atoms with Gasteiger partial charge in [0.05, 0.1) is 0 Å². The molecule has 2 heteroatoms. The van der Waals surface area contributed by atoms with Gasteiger partial charge in [-0.2, -0.15) is 0 Å². The fourth-order valence-corrected chi connectivity index (χ4v) is 17.8. The van der Waals surface area contributed by atoms with Gasteiger partial charge < -0.3 is 0 Å². The molecule has 0 aromatic heterocycles. The maximum atomic E-state index is 2.66. The van der Waals surface area contributed by atoms with Gasteiger partial charge in [0, 0.05) is 0 Å². The van der Waals surface area contributed by atoms with Crippen molar-refractivity contribution in [2.75, 3.05) is 0 Å². The Labute approximate surface area is 252 Å². The summed E-state index contributed by atoms with van der Waals surface area (Å²) in [6.45, 7) is 14.8. The van der Waals surface area contributed by atoms with Crippen LogP contribution in [0.4, 0.5) is 0 Å². The fraction of sp³-hybridized carbons (Fsp3) is 0.263. The van der Waals surface area contributed by atoms with Gasteiger partial charge in [0.2, 0.25) is 0 Å². The van der Waals surface area contributed by atoms with E-state index < -0.39 is 31.3 Å². The van der Waals surface area contributed by atoms with Crippen LogP contribution < -0.4 is 0 Å². The second kappa shape index (κ2) is 9.78. The Morgan fingerprint density at radius 2 is 0.975 bits per heavy atom. The minimum atomic E-state index is -2.05. The molecule has 2 unspecified atom stereocenters. The molecule has 4 aromatic carbocycles. The average molecular weight is 614 g/mol. The molecule has 0 fully saturated rings. The van der Waals surface area contributed by atoms with Crippen LogP contribution in [-0.2, 0) is 36.1 Å². The van der Waals surface area contributed by atoms with E-state index in [4.69, 9.17) is 0 Å². The molecule has 7 rings (SSSR count). The van der Waals surface area contributed by atoms with Crippen LogP contribution in [0, 0.1) is 0 Å². The van der Waals surface area contributed by atoms with E-state index >= 15 is 0 Å². The molecule has 2 atom stereocenters. The summed E-state index contributed by atoms with van der Waals surface area (Å²) in [6, 6.07) is 33.2. The van der Waals surface area contributed by atoms with Crippen molar-refractivity contribution >= 4 is 18.5 Å². The van der Waals surface area contributed by atoms with E-state index in [9.17, 15) is 0 Å². The van der Waals surface area contributed by atoms with E-state index in [1.54, 1.807) is 43.8 Å². The first-order valence-electron chi connectivity index (χ1n) is 15.0. The number of rotatable bonds is 4. The van der Waals surface area contributed by atoms with Gasteiger partial charge in [-0.05, 0) is 0 Å². The average Bonchev–Trinajstić information content (AvgIpc) is 3.45. The van der Waals surface area contributed by atoms with Gasteiger partial charge in [0.15, 0.2) is 0 Å². The Balaban J connectivity index is 1.45. The Kier molecular flexibility index (Phi) is 6.45. The number of fused-ring (bicyclic) bond motifs is 8. The second-order valence-corrected chi connectivity index (χ2v) is 20.3. The summed E-state index contributed by atoms with van der Waals surface area (Å²) in [5.74, 6) is 0. The quantitative estimate of drug-likeness (QED) is 0.201. The number of allylic oxidation sites excluding steroid dienone is 2. The molecular weight excluding hydrogens is 576 g/mol. The van der Waals surface area contributed by atoms with Gasteiger partial charge >= 0.3 is 254 Å². The molecule has 2 aliphatic carbocycles. The van der Waals surface area contributed by atoms with Gasteiger partial charge in [-0.25, -0.2) is 0 Å². The van der Waals surface area contributed by atoms with E-state index in [2.05, 4.69) is 126 Å². The molecule has 0 radical (unpaired) electrons. The molecular formula is C38H38SiZr. The molecule has 0 saturated carbocycles. The molecule has 0 spiro atoms. The molecule has 4 aromatic rings. The van der Waals surface area contributed by atoms with Gasteiger partial charge in [0.25, 0.3) is 0 Å². The van der Waals surface area contributed by atoms with E-state index in [1.807, 2.05) is 0 Å². The SMILES string of the molecule is CCc1ccc(-c2cccc3c2C2=C(C)[CH]3[Zr][CH]3C(C)=C(c4c(-c5ccc(CC)cc5)cccc43)[Si]2(C)C)cc1. The van der Waals surface area contributed by atoms with Crippen LogP contribution in [0.1, 0.15) is 68.3 Å². The van der Waals surface area contributed by atoms with Gasteiger partial charge in [-0.3, -0.25) is 0 Å². The van der Waals surface area contributed by atoms with Gasteiger partial charge in [-0.15, -0.1) is 0 Å². The molecule has 0 amide bonds. The first-order chi connectivity index (χ1) is 19.3. The van der Waals surface area contributed by atoms with Crippen LogP contribution >= 0.6 is 0 Å². The van der Waals surface area contributed by atoms with Gasteiger partial charge in [-0.1, -0.05) is 0 Å². The molecule has 0 saturated heterocycles. The Hall–Kier alpha value is -2.54. The summed E-state index contributed by atoms with van der Waals surface area (Å²) in [5, 5.41) is 3.47. The van der Waals surface area contributed by atoms with Gasteiger partial charge in [0.1, 0.15) is 0 Å². The zero-order valence-electron chi connectivity index (χ0n) is 24.7. The van der Waals surface area contributed by atoms with E-state index in [-0.39, 0.29) is 0 Å². The fourth-order valence-electron chi connectivity index (χ4n) is 7.98. The Bertz CT molecular complexity index is 1590. The molecule has 1 aliphatic heterocycles. The minimum absolute atomic E-state index is 0.662. The Morgan fingerprint density at radius 3 is 1.35 bits per heavy atom. The summed E-state index contributed by atoms with van der Waals surface area (Å²) in [7, 11) is -2.05. The van der Waals surface area contributed by atoms with Crippen molar-refractivity contribution in [2.45, 2.75) is 60.9 Å². The first-order valence-corrected chi connectivity index (χ1v) is 20.8. The molecule has 4 bridgehead atoms. The number of aryl methyl sites for hydroxylation is 2. The molecule has 198 valence electrons. The first kappa shape index (κ1) is 26.4. The normalized spacial score (nSPS) is 20.1. The molecule has 0 nitrogen and oxygen atoms in total. The monoisotopic (exact) mass is 612 g/mol. The van der Waals surface area contributed by atoms with Crippen molar-refractivity contribution in [2.24, 2.45) is 0 Å². The zero-order chi connectivity index (χ0) is 27.8. The van der Waals surface area contributed by atoms with Crippen molar-refractivity contribution in [3.63, 3.8) is 0 Å². The maximum absolute atomic E-state index is 2.66. The molecule has 0 N–H and O–H groups in total. The van der Waals surface area contributed by atoms with Crippen molar-refractivity contribution < 1.29 is 23.2 Å². The number of hydrogen-bond acceptors (Lipinski definition) is 0. The molecule has 40 heavy (non-hydrogen) atoms. The second-order valence-electron chi connectivity index (χ2n) is 12.4. The molecule has 3 aliphatic rings. The zero-order valence-corrected chi connectivity index (χ0v) is 28.1. The van der Waals surface area contributed by atoms with Crippen LogP contribution in [0.2, 0.25) is 13.1 Å². The standard InChI is InChI=1S/C38H38Si.Zr/c1-7-27-15-19-29(20-16-27)33-13-9-11-31-23-25(3)37(35(31)33)39(5,6)38-26(4)24-32-12-10-14-34(36(32)38)30-21-17-28(8-2)18-22-30;/h9-24H,7-8H2,1-6H3;.